The monoisotopic (exact) mass is 298 g/mol. The van der Waals surface area contributed by atoms with Crippen LogP contribution in [0.4, 0.5) is 4.39 Å². The van der Waals surface area contributed by atoms with Gasteiger partial charge in [-0.3, -0.25) is 4.79 Å². The van der Waals surface area contributed by atoms with E-state index in [1.807, 2.05) is 0 Å². The van der Waals surface area contributed by atoms with E-state index in [1.54, 1.807) is 30.3 Å². The molecule has 2 rings (SSSR count). The number of rotatable bonds is 3. The Balaban J connectivity index is 2.37. The number of ketones is 1. The topological polar surface area (TPSA) is 37.3 Å². The van der Waals surface area contributed by atoms with Gasteiger partial charge >= 0.3 is 0 Å². The van der Waals surface area contributed by atoms with Gasteiger partial charge in [-0.2, -0.15) is 0 Å². The average molecular weight is 299 g/mol. The van der Waals surface area contributed by atoms with E-state index in [-0.39, 0.29) is 15.6 Å². The third-order valence-corrected chi connectivity index (χ3v) is 3.24. The van der Waals surface area contributed by atoms with Gasteiger partial charge in [0.1, 0.15) is 11.9 Å². The number of Topliss-reactive ketones (excluding diaryl/α,β-unsaturated/α-hetero) is 1. The Kier molecular flexibility index (Phi) is 4.20. The number of hydrogen-bond acceptors (Lipinski definition) is 2. The first-order valence-corrected chi connectivity index (χ1v) is 6.18. The van der Waals surface area contributed by atoms with Gasteiger partial charge in [-0.05, 0) is 17.7 Å². The van der Waals surface area contributed by atoms with Crippen LogP contribution in [0.5, 0.6) is 0 Å². The van der Waals surface area contributed by atoms with Crippen molar-refractivity contribution in [1.82, 2.24) is 0 Å². The Morgan fingerprint density at radius 3 is 2.37 bits per heavy atom. The van der Waals surface area contributed by atoms with Crippen molar-refractivity contribution in [1.29, 1.82) is 0 Å². The zero-order chi connectivity index (χ0) is 14.0. The van der Waals surface area contributed by atoms with Crippen molar-refractivity contribution in [2.45, 2.75) is 6.10 Å². The number of carbonyl (C=O) groups excluding carboxylic acids is 1. The standard InChI is InChI=1S/C14H9Cl2FO2/c15-10-7-11(16)12(17)6-9(10)14(19)13(18)8-4-2-1-3-5-8/h1-7,13,18H. The Bertz CT molecular complexity index is 614. The lowest BCUT2D eigenvalue weighted by Gasteiger charge is -2.11. The second kappa shape index (κ2) is 5.70. The third kappa shape index (κ3) is 2.95. The van der Waals surface area contributed by atoms with Crippen molar-refractivity contribution < 1.29 is 14.3 Å². The molecule has 0 saturated heterocycles. The van der Waals surface area contributed by atoms with E-state index >= 15 is 0 Å². The predicted octanol–water partition coefficient (Wildman–Crippen LogP) is 4.05. The van der Waals surface area contributed by atoms with Gasteiger partial charge in [-0.25, -0.2) is 4.39 Å². The molecule has 0 spiro atoms. The summed E-state index contributed by atoms with van der Waals surface area (Å²) in [6, 6.07) is 10.4. The summed E-state index contributed by atoms with van der Waals surface area (Å²) in [6.45, 7) is 0. The number of hydrogen-bond donors (Lipinski definition) is 1. The van der Waals surface area contributed by atoms with Crippen LogP contribution in [-0.2, 0) is 0 Å². The molecule has 2 nitrogen and oxygen atoms in total. The van der Waals surface area contributed by atoms with Crippen LogP contribution in [-0.4, -0.2) is 10.9 Å². The fraction of sp³-hybridized carbons (Fsp3) is 0.0714. The van der Waals surface area contributed by atoms with Gasteiger partial charge < -0.3 is 5.11 Å². The van der Waals surface area contributed by atoms with E-state index in [4.69, 9.17) is 23.2 Å². The third-order valence-electron chi connectivity index (χ3n) is 2.64. The van der Waals surface area contributed by atoms with Crippen molar-refractivity contribution >= 4 is 29.0 Å². The summed E-state index contributed by atoms with van der Waals surface area (Å²) in [5.74, 6) is -1.43. The van der Waals surface area contributed by atoms with Crippen LogP contribution in [0.2, 0.25) is 10.0 Å². The van der Waals surface area contributed by atoms with Crippen molar-refractivity contribution in [2.75, 3.05) is 0 Å². The van der Waals surface area contributed by atoms with Crippen LogP contribution >= 0.6 is 23.2 Å². The summed E-state index contributed by atoms with van der Waals surface area (Å²) in [5.41, 5.74) is 0.318. The highest BCUT2D eigenvalue weighted by Crippen LogP contribution is 2.28. The van der Waals surface area contributed by atoms with E-state index in [1.165, 1.54) is 0 Å². The molecular weight excluding hydrogens is 290 g/mol. The minimum Gasteiger partial charge on any atom is -0.380 e. The Morgan fingerprint density at radius 2 is 1.74 bits per heavy atom. The van der Waals surface area contributed by atoms with E-state index in [9.17, 15) is 14.3 Å². The molecule has 0 aliphatic carbocycles. The van der Waals surface area contributed by atoms with Gasteiger partial charge in [-0.1, -0.05) is 53.5 Å². The van der Waals surface area contributed by atoms with Gasteiger partial charge in [0.15, 0.2) is 5.78 Å². The number of halogens is 3. The molecule has 0 saturated carbocycles. The lowest BCUT2D eigenvalue weighted by Crippen LogP contribution is -2.13. The van der Waals surface area contributed by atoms with Crippen molar-refractivity contribution in [3.05, 3.63) is 69.5 Å². The summed E-state index contributed by atoms with van der Waals surface area (Å²) >= 11 is 11.4. The summed E-state index contributed by atoms with van der Waals surface area (Å²) < 4.78 is 13.4. The molecule has 0 aliphatic rings. The van der Waals surface area contributed by atoms with Gasteiger partial charge in [0.25, 0.3) is 0 Å². The molecule has 0 aromatic heterocycles. The lowest BCUT2D eigenvalue weighted by atomic mass is 10.00. The lowest BCUT2D eigenvalue weighted by molar-refractivity contribution is 0.0747. The quantitative estimate of drug-likeness (QED) is 0.686. The molecule has 2 aromatic rings. The fourth-order valence-electron chi connectivity index (χ4n) is 1.65. The van der Waals surface area contributed by atoms with E-state index in [2.05, 4.69) is 0 Å². The molecule has 1 N–H and O–H groups in total. The van der Waals surface area contributed by atoms with E-state index in [0.717, 1.165) is 12.1 Å². The van der Waals surface area contributed by atoms with Gasteiger partial charge in [0.2, 0.25) is 0 Å². The van der Waals surface area contributed by atoms with Crippen LogP contribution < -0.4 is 0 Å². The van der Waals surface area contributed by atoms with E-state index < -0.39 is 17.7 Å². The molecule has 2 aromatic carbocycles. The SMILES string of the molecule is O=C(c1cc(F)c(Cl)cc1Cl)C(O)c1ccccc1. The number of benzene rings is 2. The zero-order valence-electron chi connectivity index (χ0n) is 9.61. The van der Waals surface area contributed by atoms with Crippen LogP contribution in [0.15, 0.2) is 42.5 Å². The molecule has 0 aliphatic heterocycles. The van der Waals surface area contributed by atoms with Crippen molar-refractivity contribution in [2.24, 2.45) is 0 Å². The molecule has 1 unspecified atom stereocenters. The Hall–Kier alpha value is -1.42. The molecule has 0 bridgehead atoms. The van der Waals surface area contributed by atoms with Crippen LogP contribution in [0, 0.1) is 5.82 Å². The molecule has 0 radical (unpaired) electrons. The summed E-state index contributed by atoms with van der Waals surface area (Å²) in [7, 11) is 0. The number of aliphatic hydroxyl groups excluding tert-OH is 1. The van der Waals surface area contributed by atoms with Gasteiger partial charge in [-0.15, -0.1) is 0 Å². The first-order chi connectivity index (χ1) is 9.00. The van der Waals surface area contributed by atoms with E-state index in [0.29, 0.717) is 5.56 Å². The molecule has 0 amide bonds. The maximum atomic E-state index is 13.4. The highest BCUT2D eigenvalue weighted by Gasteiger charge is 2.22. The van der Waals surface area contributed by atoms with Crippen molar-refractivity contribution in [3.63, 3.8) is 0 Å². The summed E-state index contributed by atoms with van der Waals surface area (Å²) in [6.07, 6.45) is -1.39. The maximum Gasteiger partial charge on any atom is 0.197 e. The van der Waals surface area contributed by atoms with Crippen molar-refractivity contribution in [3.8, 4) is 0 Å². The summed E-state index contributed by atoms with van der Waals surface area (Å²) in [5, 5.41) is 9.80. The van der Waals surface area contributed by atoms with Crippen LogP contribution in [0.25, 0.3) is 0 Å². The fourth-order valence-corrected chi connectivity index (χ4v) is 2.12. The molecule has 0 fully saturated rings. The second-order valence-electron chi connectivity index (χ2n) is 3.92. The first kappa shape index (κ1) is 14.0. The molecule has 1 atom stereocenters. The van der Waals surface area contributed by atoms with Crippen LogP contribution in [0.3, 0.4) is 0 Å². The van der Waals surface area contributed by atoms with Crippen LogP contribution in [0.1, 0.15) is 22.0 Å². The average Bonchev–Trinajstić information content (AvgIpc) is 2.42. The minimum absolute atomic E-state index is 0.00591. The highest BCUT2D eigenvalue weighted by atomic mass is 35.5. The molecule has 0 heterocycles. The normalized spacial score (nSPS) is 12.2. The molecule has 19 heavy (non-hydrogen) atoms. The first-order valence-electron chi connectivity index (χ1n) is 5.42. The van der Waals surface area contributed by atoms with Gasteiger partial charge in [0.05, 0.1) is 10.0 Å². The zero-order valence-corrected chi connectivity index (χ0v) is 11.1. The molecule has 98 valence electrons. The number of carbonyl (C=O) groups is 1. The highest BCUT2D eigenvalue weighted by molar-refractivity contribution is 6.37. The Morgan fingerprint density at radius 1 is 1.11 bits per heavy atom. The van der Waals surface area contributed by atoms with Gasteiger partial charge in [0, 0.05) is 5.56 Å². The predicted molar refractivity (Wildman–Crippen MR) is 72.2 cm³/mol. The minimum atomic E-state index is -1.39. The molecule has 5 heteroatoms. The number of aliphatic hydroxyl groups is 1. The maximum absolute atomic E-state index is 13.4. The molecular formula is C14H9Cl2FO2. The largest absolute Gasteiger partial charge is 0.380 e. The summed E-state index contributed by atoms with van der Waals surface area (Å²) in [4.78, 5) is 12.1. The second-order valence-corrected chi connectivity index (χ2v) is 4.74. The Labute approximate surface area is 119 Å². The smallest absolute Gasteiger partial charge is 0.197 e.